The molecule has 0 bridgehead atoms. The van der Waals surface area contributed by atoms with Crippen LogP contribution in [0.25, 0.3) is 0 Å². The van der Waals surface area contributed by atoms with Gasteiger partial charge in [-0.15, -0.1) is 0 Å². The molecule has 0 amide bonds. The van der Waals surface area contributed by atoms with Crippen LogP contribution >= 0.6 is 0 Å². The molecule has 1 unspecified atom stereocenters. The van der Waals surface area contributed by atoms with Gasteiger partial charge < -0.3 is 5.32 Å². The zero-order valence-corrected chi connectivity index (χ0v) is 12.5. The summed E-state index contributed by atoms with van der Waals surface area (Å²) in [7, 11) is 2.01. The number of likely N-dealkylation sites (tertiary alicyclic amines) is 1. The molecular weight excluding hydrogens is 232 g/mol. The first-order valence-electron chi connectivity index (χ1n) is 7.76. The van der Waals surface area contributed by atoms with E-state index < -0.39 is 0 Å². The second kappa shape index (κ2) is 7.66. The molecule has 1 aromatic rings. The monoisotopic (exact) mass is 260 g/mol. The van der Waals surface area contributed by atoms with Gasteiger partial charge in [0.05, 0.1) is 0 Å². The van der Waals surface area contributed by atoms with Gasteiger partial charge in [-0.2, -0.15) is 0 Å². The molecule has 106 valence electrons. The summed E-state index contributed by atoms with van der Waals surface area (Å²) >= 11 is 0. The van der Waals surface area contributed by atoms with Gasteiger partial charge in [0, 0.05) is 13.1 Å². The van der Waals surface area contributed by atoms with Crippen molar-refractivity contribution in [2.75, 3.05) is 26.7 Å². The van der Waals surface area contributed by atoms with Crippen LogP contribution in [0, 0.1) is 5.92 Å². The van der Waals surface area contributed by atoms with Crippen molar-refractivity contribution >= 4 is 0 Å². The Hall–Kier alpha value is -0.860. The summed E-state index contributed by atoms with van der Waals surface area (Å²) in [5.74, 6) is 0.944. The molecule has 0 aliphatic carbocycles. The summed E-state index contributed by atoms with van der Waals surface area (Å²) in [5, 5.41) is 3.20. The van der Waals surface area contributed by atoms with Gasteiger partial charge in [-0.1, -0.05) is 37.6 Å². The van der Waals surface area contributed by atoms with E-state index in [2.05, 4.69) is 41.4 Å². The fourth-order valence-electron chi connectivity index (χ4n) is 3.04. The number of hydrogen-bond donors (Lipinski definition) is 1. The fourth-order valence-corrected chi connectivity index (χ4v) is 3.04. The zero-order chi connectivity index (χ0) is 13.5. The third-order valence-electron chi connectivity index (χ3n) is 4.16. The molecule has 1 atom stereocenters. The summed E-state index contributed by atoms with van der Waals surface area (Å²) in [5.41, 5.74) is 2.90. The highest BCUT2D eigenvalue weighted by molar-refractivity contribution is 5.22. The third kappa shape index (κ3) is 4.63. The lowest BCUT2D eigenvalue weighted by molar-refractivity contribution is 0.313. The first-order chi connectivity index (χ1) is 9.31. The topological polar surface area (TPSA) is 15.3 Å². The Balaban J connectivity index is 1.80. The Labute approximate surface area is 118 Å². The van der Waals surface area contributed by atoms with E-state index >= 15 is 0 Å². The number of benzene rings is 1. The molecule has 1 N–H and O–H groups in total. The Bertz CT molecular complexity index is 358. The molecule has 19 heavy (non-hydrogen) atoms. The number of hydrogen-bond acceptors (Lipinski definition) is 2. The van der Waals surface area contributed by atoms with Crippen molar-refractivity contribution in [3.63, 3.8) is 0 Å². The standard InChI is InChI=1S/C17H28N2/c1-3-4-16-10-12-19(13-16)14-17-7-5-15(6-8-17)9-11-18-2/h5-8,16,18H,3-4,9-14H2,1-2H3. The lowest BCUT2D eigenvalue weighted by Gasteiger charge is -2.16. The Kier molecular flexibility index (Phi) is 5.87. The average molecular weight is 260 g/mol. The van der Waals surface area contributed by atoms with E-state index in [4.69, 9.17) is 0 Å². The largest absolute Gasteiger partial charge is 0.319 e. The van der Waals surface area contributed by atoms with E-state index in [1.807, 2.05) is 7.05 Å². The average Bonchev–Trinajstić information content (AvgIpc) is 2.86. The molecule has 1 aromatic carbocycles. The van der Waals surface area contributed by atoms with Crippen molar-refractivity contribution in [3.05, 3.63) is 35.4 Å². The second-order valence-corrected chi connectivity index (χ2v) is 5.85. The maximum Gasteiger partial charge on any atom is 0.0233 e. The molecule has 0 spiro atoms. The fraction of sp³-hybridized carbons (Fsp3) is 0.647. The maximum atomic E-state index is 3.20. The lowest BCUT2D eigenvalue weighted by atomic mass is 10.0. The van der Waals surface area contributed by atoms with Gasteiger partial charge >= 0.3 is 0 Å². The molecule has 0 aromatic heterocycles. The Morgan fingerprint density at radius 1 is 1.21 bits per heavy atom. The minimum atomic E-state index is 0.944. The van der Waals surface area contributed by atoms with E-state index in [0.29, 0.717) is 0 Å². The van der Waals surface area contributed by atoms with Crippen LogP contribution in [0.2, 0.25) is 0 Å². The van der Waals surface area contributed by atoms with Gasteiger partial charge in [0.15, 0.2) is 0 Å². The predicted molar refractivity (Wildman–Crippen MR) is 82.4 cm³/mol. The van der Waals surface area contributed by atoms with Crippen LogP contribution in [-0.2, 0) is 13.0 Å². The van der Waals surface area contributed by atoms with Crippen molar-refractivity contribution in [2.45, 2.75) is 39.2 Å². The smallest absolute Gasteiger partial charge is 0.0233 e. The van der Waals surface area contributed by atoms with Gasteiger partial charge in [0.25, 0.3) is 0 Å². The molecule has 1 aliphatic heterocycles. The second-order valence-electron chi connectivity index (χ2n) is 5.85. The SMILES string of the molecule is CCCC1CCN(Cc2ccc(CCNC)cc2)C1. The van der Waals surface area contributed by atoms with Gasteiger partial charge in [0.2, 0.25) is 0 Å². The molecule has 2 rings (SSSR count). The first kappa shape index (κ1) is 14.5. The molecule has 2 heteroatoms. The van der Waals surface area contributed by atoms with Crippen LogP contribution in [0.5, 0.6) is 0 Å². The van der Waals surface area contributed by atoms with E-state index in [1.165, 1.54) is 43.5 Å². The third-order valence-corrected chi connectivity index (χ3v) is 4.16. The molecule has 0 radical (unpaired) electrons. The number of nitrogens with zero attached hydrogens (tertiary/aromatic N) is 1. The van der Waals surface area contributed by atoms with E-state index in [9.17, 15) is 0 Å². The van der Waals surface area contributed by atoms with Crippen LogP contribution < -0.4 is 5.32 Å². The van der Waals surface area contributed by atoms with Crippen molar-refractivity contribution in [1.82, 2.24) is 10.2 Å². The molecule has 2 nitrogen and oxygen atoms in total. The molecule has 1 aliphatic rings. The highest BCUT2D eigenvalue weighted by Gasteiger charge is 2.21. The maximum absolute atomic E-state index is 3.20. The van der Waals surface area contributed by atoms with Gasteiger partial charge in [-0.05, 0) is 56.4 Å². The molecule has 1 saturated heterocycles. The number of rotatable bonds is 7. The normalized spacial score (nSPS) is 20.0. The van der Waals surface area contributed by atoms with E-state index in [1.54, 1.807) is 0 Å². The summed E-state index contributed by atoms with van der Waals surface area (Å²) in [4.78, 5) is 2.61. The number of nitrogens with one attached hydrogen (secondary N) is 1. The highest BCUT2D eigenvalue weighted by atomic mass is 15.1. The molecule has 1 heterocycles. The summed E-state index contributed by atoms with van der Waals surface area (Å²) in [6.45, 7) is 7.07. The Morgan fingerprint density at radius 3 is 2.63 bits per heavy atom. The van der Waals surface area contributed by atoms with Crippen LogP contribution in [0.1, 0.15) is 37.3 Å². The lowest BCUT2D eigenvalue weighted by Crippen LogP contribution is -2.20. The molecular formula is C17H28N2. The first-order valence-corrected chi connectivity index (χ1v) is 7.76. The minimum Gasteiger partial charge on any atom is -0.319 e. The van der Waals surface area contributed by atoms with E-state index in [-0.39, 0.29) is 0 Å². The molecule has 1 fully saturated rings. The van der Waals surface area contributed by atoms with Gasteiger partial charge in [-0.3, -0.25) is 4.90 Å². The summed E-state index contributed by atoms with van der Waals surface area (Å²) in [6.07, 6.45) is 5.26. The quantitative estimate of drug-likeness (QED) is 0.810. The minimum absolute atomic E-state index is 0.944. The Morgan fingerprint density at radius 2 is 1.95 bits per heavy atom. The van der Waals surface area contributed by atoms with E-state index in [0.717, 1.165) is 25.4 Å². The van der Waals surface area contributed by atoms with Crippen LogP contribution in [0.3, 0.4) is 0 Å². The molecule has 0 saturated carbocycles. The van der Waals surface area contributed by atoms with Crippen LogP contribution in [0.4, 0.5) is 0 Å². The van der Waals surface area contributed by atoms with Crippen molar-refractivity contribution < 1.29 is 0 Å². The summed E-state index contributed by atoms with van der Waals surface area (Å²) in [6, 6.07) is 9.18. The van der Waals surface area contributed by atoms with Crippen molar-refractivity contribution in [3.8, 4) is 0 Å². The van der Waals surface area contributed by atoms with Crippen molar-refractivity contribution in [1.29, 1.82) is 0 Å². The number of likely N-dealkylation sites (N-methyl/N-ethyl adjacent to an activating group) is 1. The summed E-state index contributed by atoms with van der Waals surface area (Å²) < 4.78 is 0. The predicted octanol–water partition coefficient (Wildman–Crippen LogP) is 3.07. The van der Waals surface area contributed by atoms with Crippen LogP contribution in [0.15, 0.2) is 24.3 Å². The van der Waals surface area contributed by atoms with Crippen molar-refractivity contribution in [2.24, 2.45) is 5.92 Å². The van der Waals surface area contributed by atoms with Crippen LogP contribution in [-0.4, -0.2) is 31.6 Å². The van der Waals surface area contributed by atoms with Gasteiger partial charge in [-0.25, -0.2) is 0 Å². The highest BCUT2D eigenvalue weighted by Crippen LogP contribution is 2.22. The van der Waals surface area contributed by atoms with Gasteiger partial charge in [0.1, 0.15) is 0 Å². The zero-order valence-electron chi connectivity index (χ0n) is 12.5.